The van der Waals surface area contributed by atoms with Crippen LogP contribution in [0.4, 0.5) is 0 Å². The molecule has 0 fully saturated rings. The van der Waals surface area contributed by atoms with Crippen molar-refractivity contribution in [1.29, 1.82) is 0 Å². The number of aromatic nitrogens is 4. The Bertz CT molecular complexity index is 1320. The van der Waals surface area contributed by atoms with Gasteiger partial charge in [-0.3, -0.25) is 13.9 Å². The first-order valence-electron chi connectivity index (χ1n) is 8.86. The molecule has 2 aromatic heterocycles. The average Bonchev–Trinajstić information content (AvgIpc) is 3.07. The maximum absolute atomic E-state index is 13.2. The van der Waals surface area contributed by atoms with Gasteiger partial charge in [0.05, 0.1) is 13.3 Å². The van der Waals surface area contributed by atoms with Gasteiger partial charge < -0.3 is 4.74 Å². The van der Waals surface area contributed by atoms with Crippen molar-refractivity contribution in [2.45, 2.75) is 44.7 Å². The van der Waals surface area contributed by atoms with E-state index in [9.17, 15) is 18.0 Å². The lowest BCUT2D eigenvalue weighted by Gasteiger charge is -2.15. The highest BCUT2D eigenvalue weighted by atomic mass is 35.5. The molecule has 11 heteroatoms. The minimum atomic E-state index is -4.24. The summed E-state index contributed by atoms with van der Waals surface area (Å²) < 4.78 is 34.6. The molecule has 29 heavy (non-hydrogen) atoms. The van der Waals surface area contributed by atoms with Crippen molar-refractivity contribution in [3.63, 3.8) is 0 Å². The van der Waals surface area contributed by atoms with Gasteiger partial charge in [-0.2, -0.15) is 12.5 Å². The van der Waals surface area contributed by atoms with Crippen LogP contribution in [0.5, 0.6) is 5.75 Å². The highest BCUT2D eigenvalue weighted by molar-refractivity contribution is 7.90. The summed E-state index contributed by atoms with van der Waals surface area (Å²) in [6, 6.07) is 3.41. The smallest absolute Gasteiger partial charge is 0.333 e. The van der Waals surface area contributed by atoms with Gasteiger partial charge in [-0.25, -0.2) is 4.79 Å². The molecule has 0 aliphatic heterocycles. The van der Waals surface area contributed by atoms with Crippen LogP contribution >= 0.6 is 11.6 Å². The zero-order chi connectivity index (χ0) is 21.7. The molecule has 0 atom stereocenters. The fourth-order valence-electron chi connectivity index (χ4n) is 3.09. The SMILES string of the molecule is COc1ccc(Cl)cc1S(=O)(=O)n1cc2c(=O)n(C(C)C)c(=O)n(C(C)C)c2n1. The van der Waals surface area contributed by atoms with Crippen molar-refractivity contribution in [2.75, 3.05) is 7.11 Å². The Balaban J connectivity index is 2.41. The summed E-state index contributed by atoms with van der Waals surface area (Å²) in [4.78, 5) is 25.5. The van der Waals surface area contributed by atoms with Crippen LogP contribution in [0.25, 0.3) is 11.0 Å². The Morgan fingerprint density at radius 3 is 2.24 bits per heavy atom. The quantitative estimate of drug-likeness (QED) is 0.603. The van der Waals surface area contributed by atoms with E-state index >= 15 is 0 Å². The summed E-state index contributed by atoms with van der Waals surface area (Å²) in [5.41, 5.74) is -1.15. The van der Waals surface area contributed by atoms with Gasteiger partial charge in [0.2, 0.25) is 0 Å². The van der Waals surface area contributed by atoms with Crippen molar-refractivity contribution in [3.05, 3.63) is 50.3 Å². The van der Waals surface area contributed by atoms with Crippen LogP contribution in [0.3, 0.4) is 0 Å². The fourth-order valence-corrected chi connectivity index (χ4v) is 4.64. The second-order valence-electron chi connectivity index (χ2n) is 7.05. The standard InChI is InChI=1S/C18H21ClN4O5S/c1-10(2)22-16-13(17(24)23(11(3)4)18(22)25)9-21(20-16)29(26,27)15-8-12(19)6-7-14(15)28-5/h6-11H,1-5H3. The number of nitrogens with zero attached hydrogens (tertiary/aromatic N) is 4. The van der Waals surface area contributed by atoms with E-state index in [0.29, 0.717) is 4.09 Å². The largest absolute Gasteiger partial charge is 0.495 e. The molecule has 0 radical (unpaired) electrons. The number of hydrogen-bond acceptors (Lipinski definition) is 6. The molecular formula is C18H21ClN4O5S. The topological polar surface area (TPSA) is 105 Å². The van der Waals surface area contributed by atoms with Gasteiger partial charge in [-0.1, -0.05) is 11.6 Å². The van der Waals surface area contributed by atoms with Crippen molar-refractivity contribution in [2.24, 2.45) is 0 Å². The summed E-state index contributed by atoms with van der Waals surface area (Å²) in [7, 11) is -2.91. The molecule has 0 unspecified atom stereocenters. The normalized spacial score (nSPS) is 12.3. The van der Waals surface area contributed by atoms with Crippen molar-refractivity contribution in [1.82, 2.24) is 18.3 Å². The van der Waals surface area contributed by atoms with Crippen molar-refractivity contribution < 1.29 is 13.2 Å². The number of rotatable bonds is 5. The molecule has 1 aromatic carbocycles. The minimum absolute atomic E-state index is 0.00327. The molecule has 0 spiro atoms. The summed E-state index contributed by atoms with van der Waals surface area (Å²) in [6.45, 7) is 6.92. The number of hydrogen-bond donors (Lipinski definition) is 0. The van der Waals surface area contributed by atoms with Crippen LogP contribution in [-0.4, -0.2) is 33.8 Å². The van der Waals surface area contributed by atoms with E-state index in [-0.39, 0.29) is 32.7 Å². The van der Waals surface area contributed by atoms with Gasteiger partial charge in [-0.15, -0.1) is 5.10 Å². The third-order valence-corrected chi connectivity index (χ3v) is 6.24. The van der Waals surface area contributed by atoms with Crippen LogP contribution < -0.4 is 16.0 Å². The third kappa shape index (κ3) is 3.36. The highest BCUT2D eigenvalue weighted by Gasteiger charge is 2.27. The highest BCUT2D eigenvalue weighted by Crippen LogP contribution is 2.29. The summed E-state index contributed by atoms with van der Waals surface area (Å²) in [6.07, 6.45) is 1.12. The van der Waals surface area contributed by atoms with Gasteiger partial charge in [0.1, 0.15) is 16.0 Å². The average molecular weight is 441 g/mol. The van der Waals surface area contributed by atoms with Gasteiger partial charge in [0.15, 0.2) is 5.65 Å². The zero-order valence-corrected chi connectivity index (χ0v) is 18.2. The van der Waals surface area contributed by atoms with Gasteiger partial charge in [0.25, 0.3) is 15.6 Å². The van der Waals surface area contributed by atoms with Gasteiger partial charge >= 0.3 is 5.69 Å². The van der Waals surface area contributed by atoms with Crippen LogP contribution in [0, 0.1) is 0 Å². The number of benzene rings is 1. The van der Waals surface area contributed by atoms with E-state index in [0.717, 1.165) is 10.8 Å². The maximum atomic E-state index is 13.2. The lowest BCUT2D eigenvalue weighted by molar-refractivity contribution is 0.402. The van der Waals surface area contributed by atoms with E-state index in [1.165, 1.54) is 29.9 Å². The molecule has 9 nitrogen and oxygen atoms in total. The van der Waals surface area contributed by atoms with Crippen LogP contribution in [0.2, 0.25) is 5.02 Å². The molecule has 0 aliphatic rings. The molecule has 2 heterocycles. The van der Waals surface area contributed by atoms with Crippen molar-refractivity contribution in [3.8, 4) is 5.75 Å². The van der Waals surface area contributed by atoms with Gasteiger partial charge in [0, 0.05) is 17.1 Å². The molecule has 0 saturated heterocycles. The molecule has 3 rings (SSSR count). The Labute approximate surface area is 172 Å². The molecule has 3 aromatic rings. The lowest BCUT2D eigenvalue weighted by Crippen LogP contribution is -2.41. The maximum Gasteiger partial charge on any atom is 0.333 e. The molecule has 0 bridgehead atoms. The molecule has 0 amide bonds. The predicted octanol–water partition coefficient (Wildman–Crippen LogP) is 2.42. The van der Waals surface area contributed by atoms with Crippen LogP contribution in [0.15, 0.2) is 38.9 Å². The Hall–Kier alpha value is -2.59. The van der Waals surface area contributed by atoms with Gasteiger partial charge in [-0.05, 0) is 45.9 Å². The van der Waals surface area contributed by atoms with Crippen molar-refractivity contribution >= 4 is 32.7 Å². The fraction of sp³-hybridized carbons (Fsp3) is 0.389. The van der Waals surface area contributed by atoms with Crippen LogP contribution in [-0.2, 0) is 10.0 Å². The first kappa shape index (κ1) is 21.1. The first-order valence-corrected chi connectivity index (χ1v) is 10.7. The number of fused-ring (bicyclic) bond motifs is 1. The second kappa shape index (κ2) is 7.34. The van der Waals surface area contributed by atoms with E-state index in [1.54, 1.807) is 27.7 Å². The second-order valence-corrected chi connectivity index (χ2v) is 9.25. The lowest BCUT2D eigenvalue weighted by atomic mass is 10.3. The molecule has 0 N–H and O–H groups in total. The summed E-state index contributed by atoms with van der Waals surface area (Å²) >= 11 is 5.97. The minimum Gasteiger partial charge on any atom is -0.495 e. The summed E-state index contributed by atoms with van der Waals surface area (Å²) in [5, 5.41) is 4.31. The van der Waals surface area contributed by atoms with E-state index in [4.69, 9.17) is 16.3 Å². The number of halogens is 1. The molecule has 0 aliphatic carbocycles. The monoisotopic (exact) mass is 440 g/mol. The Morgan fingerprint density at radius 1 is 1.07 bits per heavy atom. The van der Waals surface area contributed by atoms with E-state index < -0.39 is 27.3 Å². The third-order valence-electron chi connectivity index (χ3n) is 4.45. The Morgan fingerprint density at radius 2 is 1.69 bits per heavy atom. The zero-order valence-electron chi connectivity index (χ0n) is 16.6. The molecule has 156 valence electrons. The number of ether oxygens (including phenoxy) is 1. The number of methoxy groups -OCH3 is 1. The van der Waals surface area contributed by atoms with E-state index in [1.807, 2.05) is 0 Å². The van der Waals surface area contributed by atoms with E-state index in [2.05, 4.69) is 5.10 Å². The summed E-state index contributed by atoms with van der Waals surface area (Å²) in [5.74, 6) is 0.0785. The Kier molecular flexibility index (Phi) is 5.35. The van der Waals surface area contributed by atoms with Crippen LogP contribution in [0.1, 0.15) is 39.8 Å². The molecule has 0 saturated carbocycles. The molecular weight excluding hydrogens is 420 g/mol. The first-order chi connectivity index (χ1) is 13.5. The predicted molar refractivity (Wildman–Crippen MR) is 110 cm³/mol.